The average molecular weight is 303 g/mol. The van der Waals surface area contributed by atoms with Gasteiger partial charge < -0.3 is 10.1 Å². The van der Waals surface area contributed by atoms with Gasteiger partial charge in [-0.2, -0.15) is 0 Å². The summed E-state index contributed by atoms with van der Waals surface area (Å²) in [5.41, 5.74) is 2.59. The number of rotatable bonds is 8. The Morgan fingerprint density at radius 3 is 2.62 bits per heavy atom. The lowest BCUT2D eigenvalue weighted by Crippen LogP contribution is -2.23. The van der Waals surface area contributed by atoms with E-state index in [-0.39, 0.29) is 6.04 Å². The first-order valence-corrected chi connectivity index (χ1v) is 8.65. The first kappa shape index (κ1) is 16.1. The van der Waals surface area contributed by atoms with E-state index in [1.807, 2.05) is 17.4 Å². The Hall–Kier alpha value is -1.32. The van der Waals surface area contributed by atoms with Gasteiger partial charge in [-0.25, -0.2) is 0 Å². The predicted molar refractivity (Wildman–Crippen MR) is 91.4 cm³/mol. The molecule has 0 amide bonds. The molecule has 2 rings (SSSR count). The van der Waals surface area contributed by atoms with E-state index < -0.39 is 0 Å². The smallest absolute Gasteiger partial charge is 0.124 e. The minimum Gasteiger partial charge on any atom is -0.493 e. The van der Waals surface area contributed by atoms with E-state index in [0.29, 0.717) is 0 Å². The zero-order valence-electron chi connectivity index (χ0n) is 13.2. The van der Waals surface area contributed by atoms with Gasteiger partial charge in [0.1, 0.15) is 5.75 Å². The summed E-state index contributed by atoms with van der Waals surface area (Å²) in [6.07, 6.45) is 2.15. The molecule has 0 saturated heterocycles. The van der Waals surface area contributed by atoms with Gasteiger partial charge in [0.05, 0.1) is 12.6 Å². The van der Waals surface area contributed by atoms with Crippen molar-refractivity contribution in [1.29, 1.82) is 0 Å². The Balaban J connectivity index is 2.34. The van der Waals surface area contributed by atoms with Crippen LogP contribution in [0.5, 0.6) is 5.75 Å². The van der Waals surface area contributed by atoms with Crippen molar-refractivity contribution >= 4 is 11.3 Å². The molecule has 3 heteroatoms. The highest BCUT2D eigenvalue weighted by Gasteiger charge is 2.20. The molecule has 1 heterocycles. The van der Waals surface area contributed by atoms with Gasteiger partial charge in [-0.3, -0.25) is 0 Å². The third-order valence-electron chi connectivity index (χ3n) is 3.45. The summed E-state index contributed by atoms with van der Waals surface area (Å²) < 4.78 is 5.95. The van der Waals surface area contributed by atoms with E-state index in [1.54, 1.807) is 0 Å². The third kappa shape index (κ3) is 4.08. The lowest BCUT2D eigenvalue weighted by atomic mass is 10.0. The van der Waals surface area contributed by atoms with Crippen LogP contribution >= 0.6 is 11.3 Å². The Morgan fingerprint density at radius 2 is 1.95 bits per heavy atom. The number of aryl methyl sites for hydroxylation is 1. The second-order valence-corrected chi connectivity index (χ2v) is 6.19. The predicted octanol–water partition coefficient (Wildman–Crippen LogP) is 4.93. The van der Waals surface area contributed by atoms with Gasteiger partial charge in [-0.05, 0) is 49.4 Å². The zero-order valence-corrected chi connectivity index (χ0v) is 14.0. The van der Waals surface area contributed by atoms with Crippen LogP contribution in [0.15, 0.2) is 35.7 Å². The minimum absolute atomic E-state index is 0.220. The van der Waals surface area contributed by atoms with Crippen LogP contribution in [-0.2, 0) is 0 Å². The molecule has 21 heavy (non-hydrogen) atoms. The Kier molecular flexibility index (Phi) is 6.27. The summed E-state index contributed by atoms with van der Waals surface area (Å²) in [7, 11) is 0. The molecule has 0 spiro atoms. The molecule has 2 aromatic rings. The number of thiophene rings is 1. The molecule has 1 atom stereocenters. The maximum absolute atomic E-state index is 5.95. The van der Waals surface area contributed by atoms with Crippen LogP contribution in [0.1, 0.15) is 48.7 Å². The highest BCUT2D eigenvalue weighted by atomic mass is 32.1. The summed E-state index contributed by atoms with van der Waals surface area (Å²) in [6.45, 7) is 8.29. The van der Waals surface area contributed by atoms with Gasteiger partial charge in [0.25, 0.3) is 0 Å². The van der Waals surface area contributed by atoms with Crippen molar-refractivity contribution < 1.29 is 4.74 Å². The van der Waals surface area contributed by atoms with Crippen LogP contribution in [0.3, 0.4) is 0 Å². The Labute approximate surface area is 132 Å². The number of nitrogens with one attached hydrogen (secondary N) is 1. The lowest BCUT2D eigenvalue weighted by Gasteiger charge is -2.22. The standard InChI is InChI=1S/C18H25NOS/c1-4-11-19-17(18-14(3)10-13-21-18)15-8-6-7-9-16(15)20-12-5-2/h6-10,13,17,19H,4-5,11-12H2,1-3H3. The highest BCUT2D eigenvalue weighted by Crippen LogP contribution is 2.34. The fourth-order valence-electron chi connectivity index (χ4n) is 2.38. The summed E-state index contributed by atoms with van der Waals surface area (Å²) >= 11 is 1.82. The van der Waals surface area contributed by atoms with Gasteiger partial charge in [-0.1, -0.05) is 32.0 Å². The Morgan fingerprint density at radius 1 is 1.14 bits per heavy atom. The van der Waals surface area contributed by atoms with Crippen molar-refractivity contribution in [1.82, 2.24) is 5.32 Å². The minimum atomic E-state index is 0.220. The normalized spacial score (nSPS) is 12.3. The van der Waals surface area contributed by atoms with Gasteiger partial charge in [0, 0.05) is 10.4 Å². The van der Waals surface area contributed by atoms with Crippen LogP contribution in [0.4, 0.5) is 0 Å². The molecule has 1 unspecified atom stereocenters. The van der Waals surface area contributed by atoms with Gasteiger partial charge in [0.15, 0.2) is 0 Å². The van der Waals surface area contributed by atoms with Crippen molar-refractivity contribution in [2.75, 3.05) is 13.2 Å². The van der Waals surface area contributed by atoms with E-state index in [9.17, 15) is 0 Å². The maximum atomic E-state index is 5.95. The monoisotopic (exact) mass is 303 g/mol. The van der Waals surface area contributed by atoms with Crippen LogP contribution in [0, 0.1) is 6.92 Å². The molecule has 0 fully saturated rings. The third-order valence-corrected chi connectivity index (χ3v) is 4.54. The van der Waals surface area contributed by atoms with E-state index in [2.05, 4.69) is 55.7 Å². The first-order chi connectivity index (χ1) is 10.3. The summed E-state index contributed by atoms with van der Waals surface area (Å²) in [6, 6.07) is 10.8. The lowest BCUT2D eigenvalue weighted by molar-refractivity contribution is 0.312. The number of hydrogen-bond acceptors (Lipinski definition) is 3. The van der Waals surface area contributed by atoms with E-state index >= 15 is 0 Å². The number of hydrogen-bond donors (Lipinski definition) is 1. The van der Waals surface area contributed by atoms with Crippen LogP contribution in [0.2, 0.25) is 0 Å². The number of para-hydroxylation sites is 1. The van der Waals surface area contributed by atoms with Crippen molar-refractivity contribution in [3.05, 3.63) is 51.7 Å². The van der Waals surface area contributed by atoms with Crippen molar-refractivity contribution in [3.63, 3.8) is 0 Å². The highest BCUT2D eigenvalue weighted by molar-refractivity contribution is 7.10. The fraction of sp³-hybridized carbons (Fsp3) is 0.444. The molecular formula is C18H25NOS. The summed E-state index contributed by atoms with van der Waals surface area (Å²) in [5.74, 6) is 1.00. The maximum Gasteiger partial charge on any atom is 0.124 e. The van der Waals surface area contributed by atoms with E-state index in [0.717, 1.165) is 31.7 Å². The number of ether oxygens (including phenoxy) is 1. The molecule has 0 aliphatic rings. The van der Waals surface area contributed by atoms with Gasteiger partial charge >= 0.3 is 0 Å². The first-order valence-electron chi connectivity index (χ1n) is 7.77. The zero-order chi connectivity index (χ0) is 15.1. The molecule has 0 aliphatic heterocycles. The van der Waals surface area contributed by atoms with Crippen molar-refractivity contribution in [2.45, 2.75) is 39.7 Å². The van der Waals surface area contributed by atoms with Gasteiger partial charge in [0.2, 0.25) is 0 Å². The quantitative estimate of drug-likeness (QED) is 0.746. The van der Waals surface area contributed by atoms with Crippen molar-refractivity contribution in [2.24, 2.45) is 0 Å². The number of benzene rings is 1. The van der Waals surface area contributed by atoms with E-state index in [4.69, 9.17) is 4.74 Å². The summed E-state index contributed by atoms with van der Waals surface area (Å²) in [4.78, 5) is 1.39. The van der Waals surface area contributed by atoms with Gasteiger partial charge in [-0.15, -0.1) is 11.3 Å². The van der Waals surface area contributed by atoms with Crippen LogP contribution in [-0.4, -0.2) is 13.2 Å². The molecule has 2 nitrogen and oxygen atoms in total. The molecule has 0 aliphatic carbocycles. The topological polar surface area (TPSA) is 21.3 Å². The molecule has 114 valence electrons. The fourth-order valence-corrected chi connectivity index (χ4v) is 3.39. The molecular weight excluding hydrogens is 278 g/mol. The second-order valence-electron chi connectivity index (χ2n) is 5.24. The molecule has 0 radical (unpaired) electrons. The summed E-state index contributed by atoms with van der Waals surface area (Å²) in [5, 5.41) is 5.84. The molecule has 0 bridgehead atoms. The van der Waals surface area contributed by atoms with Crippen LogP contribution in [0.25, 0.3) is 0 Å². The molecule has 1 aromatic heterocycles. The Bertz CT molecular complexity index is 550. The van der Waals surface area contributed by atoms with Crippen molar-refractivity contribution in [3.8, 4) is 5.75 Å². The largest absolute Gasteiger partial charge is 0.493 e. The molecule has 0 saturated carbocycles. The average Bonchev–Trinajstić information content (AvgIpc) is 2.93. The van der Waals surface area contributed by atoms with Crippen LogP contribution < -0.4 is 10.1 Å². The van der Waals surface area contributed by atoms with E-state index in [1.165, 1.54) is 16.0 Å². The molecule has 1 aromatic carbocycles. The SMILES string of the molecule is CCCNC(c1ccccc1OCCC)c1sccc1C. The second kappa shape index (κ2) is 8.20. The molecule has 1 N–H and O–H groups in total.